The Morgan fingerprint density at radius 3 is 2.71 bits per heavy atom. The second-order valence-electron chi connectivity index (χ2n) is 2.91. The number of hydrogen-bond donors (Lipinski definition) is 1. The van der Waals surface area contributed by atoms with Crippen molar-refractivity contribution in [1.82, 2.24) is 0 Å². The van der Waals surface area contributed by atoms with Gasteiger partial charge in [0.05, 0.1) is 23.5 Å². The van der Waals surface area contributed by atoms with Crippen LogP contribution < -0.4 is 5.32 Å². The summed E-state index contributed by atoms with van der Waals surface area (Å²) in [5.41, 5.74) is 0.922. The van der Waals surface area contributed by atoms with Gasteiger partial charge in [0.2, 0.25) is 0 Å². The van der Waals surface area contributed by atoms with Crippen molar-refractivity contribution >= 4 is 17.3 Å². The molecule has 2 aromatic rings. The number of rotatable bonds is 3. The Kier molecular flexibility index (Phi) is 2.75. The van der Waals surface area contributed by atoms with Crippen molar-refractivity contribution in [3.05, 3.63) is 53.4 Å². The summed E-state index contributed by atoms with van der Waals surface area (Å²) in [6.45, 7) is 0.650. The van der Waals surface area contributed by atoms with Gasteiger partial charge < -0.3 is 9.73 Å². The Morgan fingerprint density at radius 2 is 2.00 bits per heavy atom. The Bertz CT molecular complexity index is 397. The van der Waals surface area contributed by atoms with Crippen molar-refractivity contribution < 1.29 is 4.42 Å². The maximum Gasteiger partial charge on any atom is 0.122 e. The molecule has 1 aromatic heterocycles. The molecule has 1 N–H and O–H groups in total. The first-order valence-electron chi connectivity index (χ1n) is 4.37. The summed E-state index contributed by atoms with van der Waals surface area (Å²) in [4.78, 5) is 0. The molecule has 0 aliphatic carbocycles. The summed E-state index contributed by atoms with van der Waals surface area (Å²) in [7, 11) is 0. The minimum absolute atomic E-state index is 0.650. The molecule has 0 radical (unpaired) electrons. The van der Waals surface area contributed by atoms with Crippen molar-refractivity contribution in [2.45, 2.75) is 6.54 Å². The van der Waals surface area contributed by atoms with Crippen LogP contribution in [0.3, 0.4) is 0 Å². The van der Waals surface area contributed by atoms with Crippen LogP contribution in [-0.2, 0) is 6.54 Å². The lowest BCUT2D eigenvalue weighted by Crippen LogP contribution is -1.98. The van der Waals surface area contributed by atoms with E-state index in [1.807, 2.05) is 36.4 Å². The van der Waals surface area contributed by atoms with Crippen LogP contribution in [0.15, 0.2) is 47.1 Å². The van der Waals surface area contributed by atoms with Crippen molar-refractivity contribution in [3.8, 4) is 0 Å². The lowest BCUT2D eigenvalue weighted by Gasteiger charge is -2.05. The third-order valence-electron chi connectivity index (χ3n) is 1.91. The third kappa shape index (κ3) is 2.09. The number of furan rings is 1. The summed E-state index contributed by atoms with van der Waals surface area (Å²) < 4.78 is 5.19. The largest absolute Gasteiger partial charge is 0.467 e. The molecule has 2 nitrogen and oxygen atoms in total. The van der Waals surface area contributed by atoms with Crippen LogP contribution in [0.5, 0.6) is 0 Å². The molecule has 1 heterocycles. The summed E-state index contributed by atoms with van der Waals surface area (Å²) in [5.74, 6) is 0.893. The van der Waals surface area contributed by atoms with Gasteiger partial charge in [0, 0.05) is 0 Å². The number of para-hydroxylation sites is 1. The van der Waals surface area contributed by atoms with Crippen LogP contribution in [0, 0.1) is 0 Å². The Morgan fingerprint density at radius 1 is 1.14 bits per heavy atom. The fourth-order valence-electron chi connectivity index (χ4n) is 1.20. The molecule has 14 heavy (non-hydrogen) atoms. The van der Waals surface area contributed by atoms with Crippen LogP contribution in [0.25, 0.3) is 0 Å². The number of anilines is 1. The molecule has 1 aromatic carbocycles. The number of halogens is 1. The molecule has 0 aliphatic heterocycles. The first kappa shape index (κ1) is 9.16. The molecule has 0 spiro atoms. The summed E-state index contributed by atoms with van der Waals surface area (Å²) in [6.07, 6.45) is 1.66. The van der Waals surface area contributed by atoms with E-state index >= 15 is 0 Å². The average Bonchev–Trinajstić information content (AvgIpc) is 2.69. The Hall–Kier alpha value is -1.41. The van der Waals surface area contributed by atoms with Gasteiger partial charge in [0.15, 0.2) is 0 Å². The van der Waals surface area contributed by atoms with Crippen LogP contribution >= 0.6 is 11.6 Å². The molecule has 0 fully saturated rings. The minimum Gasteiger partial charge on any atom is -0.467 e. The van der Waals surface area contributed by atoms with Gasteiger partial charge in [-0.15, -0.1) is 0 Å². The highest BCUT2D eigenvalue weighted by Crippen LogP contribution is 2.20. The van der Waals surface area contributed by atoms with E-state index in [9.17, 15) is 0 Å². The van der Waals surface area contributed by atoms with Gasteiger partial charge in [0.1, 0.15) is 5.76 Å². The zero-order valence-corrected chi connectivity index (χ0v) is 8.29. The van der Waals surface area contributed by atoms with E-state index in [4.69, 9.17) is 16.0 Å². The molecule has 0 saturated carbocycles. The first-order chi connectivity index (χ1) is 6.86. The second kappa shape index (κ2) is 4.20. The molecule has 72 valence electrons. The highest BCUT2D eigenvalue weighted by atomic mass is 35.5. The zero-order chi connectivity index (χ0) is 9.80. The number of nitrogens with one attached hydrogen (secondary N) is 1. The fraction of sp³-hybridized carbons (Fsp3) is 0.0909. The van der Waals surface area contributed by atoms with Crippen LogP contribution in [0.4, 0.5) is 5.69 Å². The Balaban J connectivity index is 2.02. The summed E-state index contributed by atoms with van der Waals surface area (Å²) in [6, 6.07) is 11.4. The van der Waals surface area contributed by atoms with Gasteiger partial charge >= 0.3 is 0 Å². The number of benzene rings is 1. The van der Waals surface area contributed by atoms with E-state index in [0.717, 1.165) is 16.5 Å². The maximum atomic E-state index is 5.97. The Labute approximate surface area is 87.5 Å². The number of hydrogen-bond acceptors (Lipinski definition) is 2. The maximum absolute atomic E-state index is 5.97. The fourth-order valence-corrected chi connectivity index (χ4v) is 1.40. The first-order valence-corrected chi connectivity index (χ1v) is 4.75. The van der Waals surface area contributed by atoms with Crippen LogP contribution in [-0.4, -0.2) is 0 Å². The van der Waals surface area contributed by atoms with E-state index < -0.39 is 0 Å². The normalized spacial score (nSPS) is 10.1. The van der Waals surface area contributed by atoms with Gasteiger partial charge in [-0.2, -0.15) is 0 Å². The highest BCUT2D eigenvalue weighted by Gasteiger charge is 1.99. The molecular formula is C11H10ClNO. The molecule has 0 amide bonds. The predicted octanol–water partition coefficient (Wildman–Crippen LogP) is 3.55. The topological polar surface area (TPSA) is 25.2 Å². The smallest absolute Gasteiger partial charge is 0.122 e. The van der Waals surface area contributed by atoms with Gasteiger partial charge in [-0.3, -0.25) is 0 Å². The van der Waals surface area contributed by atoms with E-state index in [0.29, 0.717) is 6.54 Å². The quantitative estimate of drug-likeness (QED) is 0.833. The third-order valence-corrected chi connectivity index (χ3v) is 2.24. The van der Waals surface area contributed by atoms with Gasteiger partial charge in [-0.05, 0) is 24.3 Å². The zero-order valence-electron chi connectivity index (χ0n) is 7.53. The SMILES string of the molecule is Clc1ccccc1NCc1ccco1. The highest BCUT2D eigenvalue weighted by molar-refractivity contribution is 6.33. The standard InChI is InChI=1S/C11H10ClNO/c12-10-5-1-2-6-11(10)13-8-9-4-3-7-14-9/h1-7,13H,8H2. The molecule has 2 rings (SSSR count). The monoisotopic (exact) mass is 207 g/mol. The van der Waals surface area contributed by atoms with E-state index in [2.05, 4.69) is 5.32 Å². The summed E-state index contributed by atoms with van der Waals surface area (Å²) >= 11 is 5.97. The van der Waals surface area contributed by atoms with Crippen molar-refractivity contribution in [1.29, 1.82) is 0 Å². The van der Waals surface area contributed by atoms with Crippen molar-refractivity contribution in [2.24, 2.45) is 0 Å². The van der Waals surface area contributed by atoms with Gasteiger partial charge in [-0.25, -0.2) is 0 Å². The molecule has 0 unspecified atom stereocenters. The molecule has 0 aliphatic rings. The van der Waals surface area contributed by atoms with Crippen LogP contribution in [0.1, 0.15) is 5.76 Å². The predicted molar refractivity (Wildman–Crippen MR) is 57.5 cm³/mol. The van der Waals surface area contributed by atoms with Crippen molar-refractivity contribution in [3.63, 3.8) is 0 Å². The average molecular weight is 208 g/mol. The molecule has 0 bridgehead atoms. The van der Waals surface area contributed by atoms with Gasteiger partial charge in [0.25, 0.3) is 0 Å². The van der Waals surface area contributed by atoms with Gasteiger partial charge in [-0.1, -0.05) is 23.7 Å². The van der Waals surface area contributed by atoms with Crippen LogP contribution in [0.2, 0.25) is 5.02 Å². The molecule has 0 saturated heterocycles. The summed E-state index contributed by atoms with van der Waals surface area (Å²) in [5, 5.41) is 3.91. The second-order valence-corrected chi connectivity index (χ2v) is 3.32. The van der Waals surface area contributed by atoms with E-state index in [-0.39, 0.29) is 0 Å². The lowest BCUT2D eigenvalue weighted by atomic mass is 10.3. The van der Waals surface area contributed by atoms with E-state index in [1.54, 1.807) is 6.26 Å². The minimum atomic E-state index is 0.650. The molecule has 3 heteroatoms. The van der Waals surface area contributed by atoms with E-state index in [1.165, 1.54) is 0 Å². The lowest BCUT2D eigenvalue weighted by molar-refractivity contribution is 0.518. The molecular weight excluding hydrogens is 198 g/mol. The van der Waals surface area contributed by atoms with Crippen molar-refractivity contribution in [2.75, 3.05) is 5.32 Å². The molecule has 0 atom stereocenters.